The first-order valence-corrected chi connectivity index (χ1v) is 11.4. The molecule has 188 valence electrons. The molecule has 0 radical (unpaired) electrons. The Kier molecular flexibility index (Phi) is 6.32. The molecule has 2 amide bonds. The second-order valence-electron chi connectivity index (χ2n) is 8.17. The van der Waals surface area contributed by atoms with Crippen molar-refractivity contribution in [3.63, 3.8) is 0 Å². The van der Waals surface area contributed by atoms with E-state index in [1.807, 2.05) is 0 Å². The molecular formula is C24H21N7O6. The first kappa shape index (κ1) is 23.7. The van der Waals surface area contributed by atoms with Crippen LogP contribution in [0.3, 0.4) is 0 Å². The van der Waals surface area contributed by atoms with Gasteiger partial charge in [0.1, 0.15) is 6.04 Å². The minimum atomic E-state index is -0.630. The highest BCUT2D eigenvalue weighted by Crippen LogP contribution is 2.33. The number of anilines is 1. The fourth-order valence-corrected chi connectivity index (χ4v) is 4.02. The number of hydrogen-bond donors (Lipinski definition) is 2. The lowest BCUT2D eigenvalue weighted by Gasteiger charge is -2.32. The van der Waals surface area contributed by atoms with Crippen molar-refractivity contribution in [1.29, 1.82) is 0 Å². The molecule has 13 nitrogen and oxygen atoms in total. The van der Waals surface area contributed by atoms with Crippen LogP contribution in [0.1, 0.15) is 40.6 Å². The molecule has 0 saturated carbocycles. The molecule has 2 aromatic heterocycles. The first-order valence-electron chi connectivity index (χ1n) is 11.4. The van der Waals surface area contributed by atoms with Gasteiger partial charge in [-0.2, -0.15) is 4.98 Å². The maximum atomic E-state index is 13.3. The summed E-state index contributed by atoms with van der Waals surface area (Å²) in [5, 5.41) is 17.9. The number of nitrogens with one attached hydrogen (secondary N) is 2. The van der Waals surface area contributed by atoms with E-state index in [0.717, 1.165) is 11.4 Å². The zero-order chi connectivity index (χ0) is 25.9. The Balaban J connectivity index is 1.39. The lowest BCUT2D eigenvalue weighted by atomic mass is 10.0. The number of urea groups is 1. The molecule has 0 saturated heterocycles. The highest BCUT2D eigenvalue weighted by Gasteiger charge is 2.36. The lowest BCUT2D eigenvalue weighted by molar-refractivity contribution is -0.384. The van der Waals surface area contributed by atoms with Gasteiger partial charge in [0, 0.05) is 29.8 Å². The van der Waals surface area contributed by atoms with Crippen LogP contribution in [0, 0.1) is 10.1 Å². The molecule has 0 aliphatic carbocycles. The molecule has 0 bridgehead atoms. The molecule has 1 aliphatic heterocycles. The number of ether oxygens (including phenoxy) is 1. The van der Waals surface area contributed by atoms with Gasteiger partial charge in [0.2, 0.25) is 11.7 Å². The number of non-ortho nitro benzene ring substituents is 1. The summed E-state index contributed by atoms with van der Waals surface area (Å²) in [6, 6.07) is 11.2. The number of hydrogen-bond acceptors (Lipinski definition) is 9. The summed E-state index contributed by atoms with van der Waals surface area (Å²) in [5.74, 6) is -0.108. The zero-order valence-corrected chi connectivity index (χ0v) is 19.6. The van der Waals surface area contributed by atoms with E-state index in [1.165, 1.54) is 23.1 Å². The Hall–Kier alpha value is -5.07. The van der Waals surface area contributed by atoms with Crippen LogP contribution in [-0.2, 0) is 17.7 Å². The smallest absolute Gasteiger partial charge is 0.338 e. The van der Waals surface area contributed by atoms with Crippen molar-refractivity contribution in [2.75, 3.05) is 11.9 Å². The van der Waals surface area contributed by atoms with Crippen molar-refractivity contribution < 1.29 is 23.8 Å². The minimum absolute atomic E-state index is 0.0994. The molecule has 2 aromatic carbocycles. The van der Waals surface area contributed by atoms with E-state index in [4.69, 9.17) is 9.26 Å². The number of nitrogens with zero attached hydrogens (tertiary/aromatic N) is 5. The third-order valence-corrected chi connectivity index (χ3v) is 5.85. The van der Waals surface area contributed by atoms with Crippen molar-refractivity contribution in [2.45, 2.75) is 25.9 Å². The number of fused-ring (bicyclic) bond motifs is 1. The summed E-state index contributed by atoms with van der Waals surface area (Å²) in [7, 11) is 0. The predicted molar refractivity (Wildman–Crippen MR) is 128 cm³/mol. The SMILES string of the molecule is CCOC(=O)c1ccc(NC(=O)N2Cc3[nH]cnc3C[C@H]2c2nc(-c3cccc([N+](=O)[O-])c3)no2)cc1. The Morgan fingerprint density at radius 1 is 1.27 bits per heavy atom. The molecular weight excluding hydrogens is 482 g/mol. The zero-order valence-electron chi connectivity index (χ0n) is 19.6. The highest BCUT2D eigenvalue weighted by molar-refractivity contribution is 5.92. The number of amides is 2. The molecule has 13 heteroatoms. The Morgan fingerprint density at radius 3 is 2.84 bits per heavy atom. The van der Waals surface area contributed by atoms with Gasteiger partial charge < -0.3 is 24.5 Å². The molecule has 3 heterocycles. The molecule has 0 fully saturated rings. The summed E-state index contributed by atoms with van der Waals surface area (Å²) in [5.41, 5.74) is 2.72. The van der Waals surface area contributed by atoms with E-state index in [1.54, 1.807) is 43.6 Å². The maximum absolute atomic E-state index is 13.3. The van der Waals surface area contributed by atoms with Crippen molar-refractivity contribution in [1.82, 2.24) is 25.0 Å². The summed E-state index contributed by atoms with van der Waals surface area (Å²) in [6.07, 6.45) is 1.88. The van der Waals surface area contributed by atoms with Gasteiger partial charge in [-0.05, 0) is 31.2 Å². The van der Waals surface area contributed by atoms with Gasteiger partial charge in [0.15, 0.2) is 0 Å². The fourth-order valence-electron chi connectivity index (χ4n) is 4.02. The van der Waals surface area contributed by atoms with Crippen LogP contribution in [0.25, 0.3) is 11.4 Å². The standard InChI is InChI=1S/C24H21N7O6/c1-2-36-23(32)14-6-8-16(9-7-14)27-24(33)30-12-19-18(25-13-26-19)11-20(30)22-28-21(29-37-22)15-4-3-5-17(10-15)31(34)35/h3-10,13,20H,2,11-12H2,1H3,(H,25,26)(H,27,33)/t20-/m0/s1. The molecule has 0 unspecified atom stereocenters. The Bertz CT molecular complexity index is 1460. The predicted octanol–water partition coefficient (Wildman–Crippen LogP) is 3.88. The number of esters is 1. The van der Waals surface area contributed by atoms with Gasteiger partial charge >= 0.3 is 12.0 Å². The van der Waals surface area contributed by atoms with E-state index in [0.29, 0.717) is 23.2 Å². The number of carbonyl (C=O) groups excluding carboxylic acids is 2. The van der Waals surface area contributed by atoms with E-state index < -0.39 is 23.0 Å². The van der Waals surface area contributed by atoms with E-state index in [2.05, 4.69) is 25.4 Å². The van der Waals surface area contributed by atoms with Gasteiger partial charge in [-0.3, -0.25) is 10.1 Å². The topological polar surface area (TPSA) is 169 Å². The van der Waals surface area contributed by atoms with E-state index in [9.17, 15) is 19.7 Å². The third kappa shape index (κ3) is 4.87. The number of rotatable bonds is 6. The third-order valence-electron chi connectivity index (χ3n) is 5.85. The highest BCUT2D eigenvalue weighted by atomic mass is 16.6. The summed E-state index contributed by atoms with van der Waals surface area (Å²) in [6.45, 7) is 2.20. The lowest BCUT2D eigenvalue weighted by Crippen LogP contribution is -2.41. The average Bonchev–Trinajstić information content (AvgIpc) is 3.58. The van der Waals surface area contributed by atoms with Crippen molar-refractivity contribution in [2.24, 2.45) is 0 Å². The number of benzene rings is 2. The van der Waals surface area contributed by atoms with E-state index >= 15 is 0 Å². The van der Waals surface area contributed by atoms with Gasteiger partial charge in [-0.25, -0.2) is 14.6 Å². The van der Waals surface area contributed by atoms with Gasteiger partial charge in [0.05, 0.1) is 41.4 Å². The normalized spacial score (nSPS) is 14.6. The van der Waals surface area contributed by atoms with Crippen LogP contribution in [-0.4, -0.2) is 48.5 Å². The van der Waals surface area contributed by atoms with Crippen LogP contribution in [0.15, 0.2) is 59.4 Å². The number of nitro groups is 1. The minimum Gasteiger partial charge on any atom is -0.462 e. The number of H-pyrrole nitrogens is 1. The molecule has 5 rings (SSSR count). The number of carbonyl (C=O) groups is 2. The van der Waals surface area contributed by atoms with E-state index in [-0.39, 0.29) is 30.6 Å². The first-order chi connectivity index (χ1) is 17.9. The fraction of sp³-hybridized carbons (Fsp3) is 0.208. The number of nitro benzene ring substituents is 1. The van der Waals surface area contributed by atoms with Gasteiger partial charge in [0.25, 0.3) is 5.69 Å². The Labute approximate surface area is 209 Å². The van der Waals surface area contributed by atoms with Crippen LogP contribution in [0.5, 0.6) is 0 Å². The van der Waals surface area contributed by atoms with Crippen LogP contribution >= 0.6 is 0 Å². The molecule has 0 spiro atoms. The van der Waals surface area contributed by atoms with Crippen molar-refractivity contribution in [3.8, 4) is 11.4 Å². The summed E-state index contributed by atoms with van der Waals surface area (Å²) < 4.78 is 10.5. The number of imidazole rings is 1. The summed E-state index contributed by atoms with van der Waals surface area (Å²) >= 11 is 0. The summed E-state index contributed by atoms with van der Waals surface area (Å²) in [4.78, 5) is 49.2. The van der Waals surface area contributed by atoms with Crippen LogP contribution in [0.4, 0.5) is 16.2 Å². The quantitative estimate of drug-likeness (QED) is 0.225. The van der Waals surface area contributed by atoms with Crippen molar-refractivity contribution >= 4 is 23.4 Å². The average molecular weight is 503 g/mol. The molecule has 2 N–H and O–H groups in total. The molecule has 1 atom stereocenters. The van der Waals surface area contributed by atoms with Gasteiger partial charge in [-0.15, -0.1) is 0 Å². The molecule has 1 aliphatic rings. The number of aromatic amines is 1. The largest absolute Gasteiger partial charge is 0.462 e. The molecule has 37 heavy (non-hydrogen) atoms. The monoisotopic (exact) mass is 503 g/mol. The second kappa shape index (κ2) is 9.89. The second-order valence-corrected chi connectivity index (χ2v) is 8.17. The van der Waals surface area contributed by atoms with Crippen LogP contribution < -0.4 is 5.32 Å². The van der Waals surface area contributed by atoms with Crippen molar-refractivity contribution in [3.05, 3.63) is 87.8 Å². The van der Waals surface area contributed by atoms with Gasteiger partial charge in [-0.1, -0.05) is 17.3 Å². The number of aromatic nitrogens is 4. The maximum Gasteiger partial charge on any atom is 0.338 e. The van der Waals surface area contributed by atoms with Crippen LogP contribution in [0.2, 0.25) is 0 Å². The Morgan fingerprint density at radius 2 is 2.08 bits per heavy atom. The molecule has 4 aromatic rings.